The molecular weight excluding hydrogens is 248 g/mol. The number of carbonyl (C=O) groups is 1. The molecule has 0 bridgehead atoms. The van der Waals surface area contributed by atoms with Gasteiger partial charge in [-0.2, -0.15) is 0 Å². The molecular formula is C17H30N2O. The van der Waals surface area contributed by atoms with Gasteiger partial charge in [-0.05, 0) is 52.2 Å². The molecule has 0 saturated carbocycles. The normalized spacial score (nSPS) is 22.1. The van der Waals surface area contributed by atoms with Gasteiger partial charge in [-0.1, -0.05) is 30.6 Å². The molecule has 0 saturated heterocycles. The minimum atomic E-state index is 0.112. The number of hydrogen-bond acceptors (Lipinski definition) is 2. The van der Waals surface area contributed by atoms with Gasteiger partial charge in [-0.25, -0.2) is 0 Å². The van der Waals surface area contributed by atoms with E-state index in [-0.39, 0.29) is 11.3 Å². The van der Waals surface area contributed by atoms with Gasteiger partial charge in [0.2, 0.25) is 5.91 Å². The minimum Gasteiger partial charge on any atom is -0.356 e. The van der Waals surface area contributed by atoms with Gasteiger partial charge in [-0.3, -0.25) is 4.79 Å². The predicted octanol–water partition coefficient (Wildman–Crippen LogP) is 3.31. The fraction of sp³-hybridized carbons (Fsp3) is 0.706. The van der Waals surface area contributed by atoms with Crippen LogP contribution >= 0.6 is 0 Å². The van der Waals surface area contributed by atoms with Crippen molar-refractivity contribution in [2.24, 2.45) is 11.1 Å². The Morgan fingerprint density at radius 3 is 2.50 bits per heavy atom. The number of nitrogens with two attached hydrogens (primary N) is 1. The number of allylic oxidation sites excluding steroid dienone is 4. The molecule has 20 heavy (non-hydrogen) atoms. The number of amides is 1. The molecule has 1 unspecified atom stereocenters. The Bertz CT molecular complexity index is 409. The van der Waals surface area contributed by atoms with Crippen molar-refractivity contribution in [1.29, 1.82) is 0 Å². The lowest BCUT2D eigenvalue weighted by Crippen LogP contribution is -2.28. The molecule has 1 aliphatic carbocycles. The number of carbonyl (C=O) groups excluding carboxylic acids is 1. The molecule has 3 N–H and O–H groups in total. The fourth-order valence-corrected chi connectivity index (χ4v) is 2.83. The van der Waals surface area contributed by atoms with E-state index in [0.29, 0.717) is 6.42 Å². The van der Waals surface area contributed by atoms with Crippen LogP contribution in [0.1, 0.15) is 59.8 Å². The zero-order valence-electron chi connectivity index (χ0n) is 13.5. The molecule has 3 nitrogen and oxygen atoms in total. The lowest BCUT2D eigenvalue weighted by atomic mass is 9.82. The average Bonchev–Trinajstić information content (AvgIpc) is 2.59. The maximum Gasteiger partial charge on any atom is 0.219 e. The van der Waals surface area contributed by atoms with Crippen LogP contribution in [0.15, 0.2) is 22.8 Å². The topological polar surface area (TPSA) is 55.1 Å². The molecule has 1 atom stereocenters. The number of rotatable bonds is 8. The second-order valence-electron chi connectivity index (χ2n) is 6.19. The van der Waals surface area contributed by atoms with E-state index in [1.54, 1.807) is 0 Å². The van der Waals surface area contributed by atoms with Crippen LogP contribution in [0.4, 0.5) is 0 Å². The molecule has 0 spiro atoms. The highest BCUT2D eigenvalue weighted by molar-refractivity contribution is 5.75. The van der Waals surface area contributed by atoms with Crippen LogP contribution in [0.25, 0.3) is 0 Å². The van der Waals surface area contributed by atoms with Crippen LogP contribution in [-0.4, -0.2) is 19.0 Å². The molecule has 1 rings (SSSR count). The summed E-state index contributed by atoms with van der Waals surface area (Å²) < 4.78 is 0. The van der Waals surface area contributed by atoms with Crippen LogP contribution in [0.2, 0.25) is 0 Å². The van der Waals surface area contributed by atoms with E-state index in [1.807, 2.05) is 0 Å². The van der Waals surface area contributed by atoms with E-state index in [1.165, 1.54) is 16.7 Å². The summed E-state index contributed by atoms with van der Waals surface area (Å²) in [5.74, 6) is 0.169. The number of unbranched alkanes of at least 4 members (excludes halogenated alkanes) is 2. The van der Waals surface area contributed by atoms with E-state index in [4.69, 9.17) is 5.73 Å². The summed E-state index contributed by atoms with van der Waals surface area (Å²) in [6.07, 6.45) is 6.94. The highest BCUT2D eigenvalue weighted by Crippen LogP contribution is 2.42. The first-order valence-electron chi connectivity index (χ1n) is 7.75. The Hall–Kier alpha value is -1.09. The Morgan fingerprint density at radius 2 is 1.95 bits per heavy atom. The van der Waals surface area contributed by atoms with Crippen LogP contribution < -0.4 is 11.1 Å². The maximum absolute atomic E-state index is 11.7. The van der Waals surface area contributed by atoms with Gasteiger partial charge in [0, 0.05) is 18.4 Å². The zero-order chi connectivity index (χ0) is 15.2. The van der Waals surface area contributed by atoms with E-state index >= 15 is 0 Å². The molecule has 0 radical (unpaired) electrons. The molecule has 0 aromatic heterocycles. The number of hydrogen-bond donors (Lipinski definition) is 2. The van der Waals surface area contributed by atoms with Crippen molar-refractivity contribution in [3.8, 4) is 0 Å². The van der Waals surface area contributed by atoms with Crippen LogP contribution in [0.5, 0.6) is 0 Å². The van der Waals surface area contributed by atoms with Crippen molar-refractivity contribution >= 4 is 5.91 Å². The monoisotopic (exact) mass is 278 g/mol. The first kappa shape index (κ1) is 17.0. The second-order valence-corrected chi connectivity index (χ2v) is 6.19. The summed E-state index contributed by atoms with van der Waals surface area (Å²) in [5, 5.41) is 3.04. The van der Waals surface area contributed by atoms with E-state index in [2.05, 4.69) is 39.1 Å². The zero-order valence-corrected chi connectivity index (χ0v) is 13.5. The van der Waals surface area contributed by atoms with Crippen molar-refractivity contribution in [1.82, 2.24) is 5.32 Å². The molecule has 0 aromatic rings. The van der Waals surface area contributed by atoms with E-state index < -0.39 is 0 Å². The lowest BCUT2D eigenvalue weighted by Gasteiger charge is -2.25. The largest absolute Gasteiger partial charge is 0.356 e. The third kappa shape index (κ3) is 4.48. The summed E-state index contributed by atoms with van der Waals surface area (Å²) in [6.45, 7) is 10.3. The third-order valence-electron chi connectivity index (χ3n) is 4.62. The van der Waals surface area contributed by atoms with Crippen LogP contribution in [0, 0.1) is 5.41 Å². The van der Waals surface area contributed by atoms with Gasteiger partial charge in [0.15, 0.2) is 0 Å². The molecule has 0 aromatic carbocycles. The SMILES string of the molecule is CC1=CC(C)(CCNC(=O)CCCCCN)C(C)=C1C. The van der Waals surface area contributed by atoms with Crippen molar-refractivity contribution in [2.45, 2.75) is 59.8 Å². The van der Waals surface area contributed by atoms with Crippen LogP contribution in [0.3, 0.4) is 0 Å². The maximum atomic E-state index is 11.7. The summed E-state index contributed by atoms with van der Waals surface area (Å²) in [7, 11) is 0. The fourth-order valence-electron chi connectivity index (χ4n) is 2.83. The molecule has 0 aliphatic heterocycles. The summed E-state index contributed by atoms with van der Waals surface area (Å²) in [5.41, 5.74) is 9.76. The molecule has 0 heterocycles. The van der Waals surface area contributed by atoms with Gasteiger partial charge >= 0.3 is 0 Å². The predicted molar refractivity (Wildman–Crippen MR) is 85.4 cm³/mol. The average molecular weight is 278 g/mol. The molecule has 1 aliphatic rings. The van der Waals surface area contributed by atoms with Crippen molar-refractivity contribution < 1.29 is 4.79 Å². The lowest BCUT2D eigenvalue weighted by molar-refractivity contribution is -0.121. The van der Waals surface area contributed by atoms with Crippen molar-refractivity contribution in [3.63, 3.8) is 0 Å². The first-order chi connectivity index (χ1) is 9.40. The Kier molecular flexibility index (Phi) is 6.47. The molecule has 1 amide bonds. The molecule has 3 heteroatoms. The van der Waals surface area contributed by atoms with E-state index in [0.717, 1.165) is 38.8 Å². The Balaban J connectivity index is 2.29. The Morgan fingerprint density at radius 1 is 1.25 bits per heavy atom. The van der Waals surface area contributed by atoms with Crippen molar-refractivity contribution in [3.05, 3.63) is 22.8 Å². The highest BCUT2D eigenvalue weighted by atomic mass is 16.1. The van der Waals surface area contributed by atoms with Gasteiger partial charge in [0.1, 0.15) is 0 Å². The third-order valence-corrected chi connectivity index (χ3v) is 4.62. The standard InChI is InChI=1S/C17H30N2O/c1-13-12-17(4,15(3)14(13)2)9-11-19-16(20)8-6-5-7-10-18/h12H,5-11,18H2,1-4H3,(H,19,20). The van der Waals surface area contributed by atoms with Crippen molar-refractivity contribution in [2.75, 3.05) is 13.1 Å². The highest BCUT2D eigenvalue weighted by Gasteiger charge is 2.30. The summed E-state index contributed by atoms with van der Waals surface area (Å²) in [4.78, 5) is 11.7. The molecule has 114 valence electrons. The van der Waals surface area contributed by atoms with Gasteiger partial charge < -0.3 is 11.1 Å². The number of nitrogens with one attached hydrogen (secondary N) is 1. The van der Waals surface area contributed by atoms with Gasteiger partial charge in [0.25, 0.3) is 0 Å². The van der Waals surface area contributed by atoms with Gasteiger partial charge in [-0.15, -0.1) is 0 Å². The van der Waals surface area contributed by atoms with Crippen LogP contribution in [-0.2, 0) is 4.79 Å². The summed E-state index contributed by atoms with van der Waals surface area (Å²) in [6, 6.07) is 0. The van der Waals surface area contributed by atoms with E-state index in [9.17, 15) is 4.79 Å². The minimum absolute atomic E-state index is 0.112. The molecule has 0 fully saturated rings. The Labute approximate surface area is 123 Å². The second kappa shape index (κ2) is 7.63. The smallest absolute Gasteiger partial charge is 0.219 e. The quantitative estimate of drug-likeness (QED) is 0.669. The van der Waals surface area contributed by atoms with Gasteiger partial charge in [0.05, 0.1) is 0 Å². The summed E-state index contributed by atoms with van der Waals surface area (Å²) >= 11 is 0. The first-order valence-corrected chi connectivity index (χ1v) is 7.75.